The molecule has 4 heteroatoms. The van der Waals surface area contributed by atoms with E-state index >= 15 is 0 Å². The van der Waals surface area contributed by atoms with Gasteiger partial charge in [-0.2, -0.15) is 0 Å². The smallest absolute Gasteiger partial charge is 0.0897 e. The Morgan fingerprint density at radius 3 is 2.88 bits per heavy atom. The number of aromatic nitrogens is 1. The fourth-order valence-corrected chi connectivity index (χ4v) is 2.93. The zero-order chi connectivity index (χ0) is 11.9. The van der Waals surface area contributed by atoms with Gasteiger partial charge in [-0.1, -0.05) is 6.42 Å². The maximum Gasteiger partial charge on any atom is 0.0897 e. The molecule has 96 valence electrons. The second-order valence-corrected chi connectivity index (χ2v) is 5.85. The lowest BCUT2D eigenvalue weighted by Crippen LogP contribution is -2.32. The maximum absolute atomic E-state index is 4.44. The van der Waals surface area contributed by atoms with Gasteiger partial charge in [-0.05, 0) is 52.4 Å². The Balaban J connectivity index is 1.51. The Morgan fingerprint density at radius 2 is 2.18 bits per heavy atom. The van der Waals surface area contributed by atoms with Gasteiger partial charge in [0.2, 0.25) is 0 Å². The number of hydrogen-bond donors (Lipinski definition) is 1. The summed E-state index contributed by atoms with van der Waals surface area (Å²) in [5.41, 5.74) is 1.19. The Kier molecular flexibility index (Phi) is 5.42. The third kappa shape index (κ3) is 4.74. The summed E-state index contributed by atoms with van der Waals surface area (Å²) in [6, 6.07) is 0. The number of thiazole rings is 1. The number of likely N-dealkylation sites (tertiary alicyclic amines) is 1. The highest BCUT2D eigenvalue weighted by atomic mass is 32.1. The van der Waals surface area contributed by atoms with Gasteiger partial charge < -0.3 is 10.2 Å². The molecule has 1 aromatic rings. The normalized spacial score (nSPS) is 17.5. The number of hydrogen-bond acceptors (Lipinski definition) is 4. The van der Waals surface area contributed by atoms with Crippen LogP contribution in [0.25, 0.3) is 0 Å². The number of rotatable bonds is 6. The van der Waals surface area contributed by atoms with Crippen LogP contribution >= 0.6 is 11.3 Å². The monoisotopic (exact) mass is 253 g/mol. The predicted octanol–water partition coefficient (Wildman–Crippen LogP) is 2.42. The lowest BCUT2D eigenvalue weighted by Gasteiger charge is -2.26. The van der Waals surface area contributed by atoms with Crippen molar-refractivity contribution in [1.29, 1.82) is 0 Å². The summed E-state index contributed by atoms with van der Waals surface area (Å²) in [6.45, 7) is 7.96. The van der Waals surface area contributed by atoms with Gasteiger partial charge in [0.1, 0.15) is 0 Å². The average Bonchev–Trinajstić information content (AvgIpc) is 2.76. The largest absolute Gasteiger partial charge is 0.311 e. The molecule has 1 aliphatic heterocycles. The Hall–Kier alpha value is -0.450. The molecular weight excluding hydrogens is 230 g/mol. The van der Waals surface area contributed by atoms with Crippen molar-refractivity contribution in [2.24, 2.45) is 0 Å². The first-order valence-electron chi connectivity index (χ1n) is 6.69. The van der Waals surface area contributed by atoms with Gasteiger partial charge in [-0.3, -0.25) is 0 Å². The van der Waals surface area contributed by atoms with Crippen LogP contribution in [0, 0.1) is 6.92 Å². The molecule has 3 nitrogen and oxygen atoms in total. The molecule has 17 heavy (non-hydrogen) atoms. The van der Waals surface area contributed by atoms with E-state index in [2.05, 4.69) is 27.5 Å². The van der Waals surface area contributed by atoms with E-state index in [-0.39, 0.29) is 0 Å². The SMILES string of the molecule is Cc1nc(CNCCCN2CCCCC2)cs1. The fourth-order valence-electron chi connectivity index (χ4n) is 2.32. The summed E-state index contributed by atoms with van der Waals surface area (Å²) in [5, 5.41) is 6.78. The van der Waals surface area contributed by atoms with Crippen molar-refractivity contribution in [1.82, 2.24) is 15.2 Å². The van der Waals surface area contributed by atoms with Crippen LogP contribution in [0.15, 0.2) is 5.38 Å². The van der Waals surface area contributed by atoms with Gasteiger partial charge in [0.15, 0.2) is 0 Å². The summed E-state index contributed by atoms with van der Waals surface area (Å²) in [7, 11) is 0. The fraction of sp³-hybridized carbons (Fsp3) is 0.769. The summed E-state index contributed by atoms with van der Waals surface area (Å²) in [5.74, 6) is 0. The zero-order valence-corrected chi connectivity index (χ0v) is 11.6. The predicted molar refractivity (Wildman–Crippen MR) is 73.5 cm³/mol. The van der Waals surface area contributed by atoms with Gasteiger partial charge in [-0.15, -0.1) is 11.3 Å². The van der Waals surface area contributed by atoms with Crippen molar-refractivity contribution >= 4 is 11.3 Å². The summed E-state index contributed by atoms with van der Waals surface area (Å²) < 4.78 is 0. The molecule has 0 bridgehead atoms. The third-order valence-electron chi connectivity index (χ3n) is 3.25. The second kappa shape index (κ2) is 7.09. The van der Waals surface area contributed by atoms with Crippen LogP contribution in [0.3, 0.4) is 0 Å². The second-order valence-electron chi connectivity index (χ2n) is 4.79. The first-order chi connectivity index (χ1) is 8.34. The van der Waals surface area contributed by atoms with Crippen LogP contribution in [0.4, 0.5) is 0 Å². The zero-order valence-electron chi connectivity index (χ0n) is 10.7. The van der Waals surface area contributed by atoms with Crippen LogP contribution in [-0.4, -0.2) is 36.1 Å². The summed E-state index contributed by atoms with van der Waals surface area (Å²) in [4.78, 5) is 7.04. The lowest BCUT2D eigenvalue weighted by atomic mass is 10.1. The van der Waals surface area contributed by atoms with E-state index in [9.17, 15) is 0 Å². The van der Waals surface area contributed by atoms with E-state index in [0.717, 1.165) is 18.1 Å². The minimum Gasteiger partial charge on any atom is -0.311 e. The third-order valence-corrected chi connectivity index (χ3v) is 4.07. The van der Waals surface area contributed by atoms with Gasteiger partial charge in [0, 0.05) is 11.9 Å². The van der Waals surface area contributed by atoms with Crippen LogP contribution in [0.2, 0.25) is 0 Å². The number of aryl methyl sites for hydroxylation is 1. The maximum atomic E-state index is 4.44. The number of nitrogens with zero attached hydrogens (tertiary/aromatic N) is 2. The minimum atomic E-state index is 0.921. The Morgan fingerprint density at radius 1 is 1.35 bits per heavy atom. The molecule has 1 aromatic heterocycles. The van der Waals surface area contributed by atoms with E-state index in [1.54, 1.807) is 11.3 Å². The average molecular weight is 253 g/mol. The van der Waals surface area contributed by atoms with Crippen LogP contribution in [0.5, 0.6) is 0 Å². The molecule has 1 fully saturated rings. The quantitative estimate of drug-likeness (QED) is 0.789. The van der Waals surface area contributed by atoms with E-state index in [4.69, 9.17) is 0 Å². The molecule has 0 amide bonds. The van der Waals surface area contributed by atoms with E-state index in [1.807, 2.05) is 0 Å². The van der Waals surface area contributed by atoms with Crippen molar-refractivity contribution in [2.45, 2.75) is 39.2 Å². The van der Waals surface area contributed by atoms with Crippen molar-refractivity contribution in [3.05, 3.63) is 16.1 Å². The van der Waals surface area contributed by atoms with Crippen LogP contribution in [0.1, 0.15) is 36.4 Å². The molecule has 0 saturated carbocycles. The molecule has 1 N–H and O–H groups in total. The molecule has 0 aromatic carbocycles. The minimum absolute atomic E-state index is 0.921. The van der Waals surface area contributed by atoms with Gasteiger partial charge in [-0.25, -0.2) is 4.98 Å². The van der Waals surface area contributed by atoms with Gasteiger partial charge in [0.05, 0.1) is 10.7 Å². The topological polar surface area (TPSA) is 28.2 Å². The highest BCUT2D eigenvalue weighted by Gasteiger charge is 2.08. The lowest BCUT2D eigenvalue weighted by molar-refractivity contribution is 0.225. The molecule has 2 rings (SSSR count). The van der Waals surface area contributed by atoms with Crippen LogP contribution < -0.4 is 5.32 Å². The van der Waals surface area contributed by atoms with Crippen molar-refractivity contribution in [3.8, 4) is 0 Å². The van der Waals surface area contributed by atoms with Crippen molar-refractivity contribution in [2.75, 3.05) is 26.2 Å². The van der Waals surface area contributed by atoms with Gasteiger partial charge >= 0.3 is 0 Å². The Labute approximate surface area is 108 Å². The highest BCUT2D eigenvalue weighted by Crippen LogP contribution is 2.09. The van der Waals surface area contributed by atoms with E-state index in [0.29, 0.717) is 0 Å². The first-order valence-corrected chi connectivity index (χ1v) is 7.56. The molecule has 1 aliphatic rings. The molecular formula is C13H23N3S. The Bertz CT molecular complexity index is 318. The van der Waals surface area contributed by atoms with Crippen molar-refractivity contribution in [3.63, 3.8) is 0 Å². The van der Waals surface area contributed by atoms with Crippen molar-refractivity contribution < 1.29 is 0 Å². The van der Waals surface area contributed by atoms with Crippen LogP contribution in [-0.2, 0) is 6.54 Å². The summed E-state index contributed by atoms with van der Waals surface area (Å²) >= 11 is 1.73. The van der Waals surface area contributed by atoms with E-state index in [1.165, 1.54) is 51.0 Å². The molecule has 0 radical (unpaired) electrons. The van der Waals surface area contributed by atoms with E-state index < -0.39 is 0 Å². The molecule has 0 spiro atoms. The highest BCUT2D eigenvalue weighted by molar-refractivity contribution is 7.09. The molecule has 2 heterocycles. The number of piperidine rings is 1. The molecule has 0 atom stereocenters. The molecule has 0 aliphatic carbocycles. The first kappa shape index (κ1) is 13.0. The summed E-state index contributed by atoms with van der Waals surface area (Å²) in [6.07, 6.45) is 5.47. The standard InChI is InChI=1S/C13H23N3S/c1-12-15-13(11-17-12)10-14-6-5-9-16-7-3-2-4-8-16/h11,14H,2-10H2,1H3. The molecule has 0 unspecified atom stereocenters. The number of nitrogens with one attached hydrogen (secondary N) is 1. The molecule has 1 saturated heterocycles. The van der Waals surface area contributed by atoms with Gasteiger partial charge in [0.25, 0.3) is 0 Å².